The number of benzene rings is 1. The number of halogens is 2. The lowest BCUT2D eigenvalue weighted by molar-refractivity contribution is -0.118. The molecule has 18 heavy (non-hydrogen) atoms. The number of carbonyl (C=O) groups excluding carboxylic acids is 1. The molecule has 6 heteroatoms. The quantitative estimate of drug-likeness (QED) is 0.796. The van der Waals surface area contributed by atoms with E-state index in [1.165, 1.54) is 0 Å². The van der Waals surface area contributed by atoms with Gasteiger partial charge in [-0.1, -0.05) is 37.2 Å². The van der Waals surface area contributed by atoms with E-state index in [-0.39, 0.29) is 10.9 Å². The molecule has 0 fully saturated rings. The van der Waals surface area contributed by atoms with Crippen molar-refractivity contribution in [1.29, 1.82) is 0 Å². The minimum atomic E-state index is -0.431. The highest BCUT2D eigenvalue weighted by Crippen LogP contribution is 2.26. The lowest BCUT2D eigenvalue weighted by atomic mass is 10.0. The third-order valence-electron chi connectivity index (χ3n) is 2.42. The second-order valence-electron chi connectivity index (χ2n) is 3.86. The molecule has 1 rings (SSSR count). The molecule has 0 bridgehead atoms. The normalized spacial score (nSPS) is 11.9. The molecule has 0 aliphatic heterocycles. The summed E-state index contributed by atoms with van der Waals surface area (Å²) in [7, 11) is 0. The average Bonchev–Trinajstić information content (AvgIpc) is 2.30. The van der Waals surface area contributed by atoms with Crippen LogP contribution >= 0.6 is 39.7 Å². The maximum absolute atomic E-state index is 12.0. The summed E-state index contributed by atoms with van der Waals surface area (Å²) in [6.07, 6.45) is 1.50. The van der Waals surface area contributed by atoms with Crippen molar-refractivity contribution < 1.29 is 4.79 Å². The molecule has 1 amide bonds. The molecular formula is C12H14BrClN2OS. The summed E-state index contributed by atoms with van der Waals surface area (Å²) in [4.78, 5) is 12.2. The second-order valence-corrected chi connectivity index (χ2v) is 5.59. The molecule has 0 saturated carbocycles. The van der Waals surface area contributed by atoms with Crippen LogP contribution in [0.4, 0.5) is 5.69 Å². The van der Waals surface area contributed by atoms with Gasteiger partial charge in [-0.25, -0.2) is 0 Å². The topological polar surface area (TPSA) is 55.1 Å². The summed E-state index contributed by atoms with van der Waals surface area (Å²) >= 11 is 14.1. The Balaban J connectivity index is 2.79. The summed E-state index contributed by atoms with van der Waals surface area (Å²) in [5, 5.41) is 3.37. The van der Waals surface area contributed by atoms with Crippen LogP contribution in [-0.2, 0) is 4.79 Å². The van der Waals surface area contributed by atoms with Gasteiger partial charge < -0.3 is 11.1 Å². The van der Waals surface area contributed by atoms with Crippen LogP contribution < -0.4 is 11.1 Å². The largest absolute Gasteiger partial charge is 0.393 e. The lowest BCUT2D eigenvalue weighted by Crippen LogP contribution is -2.33. The molecule has 0 aliphatic rings. The van der Waals surface area contributed by atoms with E-state index in [0.29, 0.717) is 17.1 Å². The van der Waals surface area contributed by atoms with Gasteiger partial charge >= 0.3 is 0 Å². The van der Waals surface area contributed by atoms with Crippen LogP contribution in [0.2, 0.25) is 5.02 Å². The summed E-state index contributed by atoms with van der Waals surface area (Å²) in [6.45, 7) is 1.98. The molecule has 1 atom stereocenters. The Kier molecular flexibility index (Phi) is 6.05. The van der Waals surface area contributed by atoms with Crippen LogP contribution in [0.15, 0.2) is 22.7 Å². The zero-order chi connectivity index (χ0) is 13.7. The Morgan fingerprint density at radius 2 is 2.28 bits per heavy atom. The number of rotatable bonds is 5. The number of hydrogen-bond acceptors (Lipinski definition) is 2. The van der Waals surface area contributed by atoms with Gasteiger partial charge in [0.1, 0.15) is 0 Å². The van der Waals surface area contributed by atoms with Gasteiger partial charge in [-0.05, 0) is 40.5 Å². The van der Waals surface area contributed by atoms with Gasteiger partial charge in [-0.3, -0.25) is 4.79 Å². The highest BCUT2D eigenvalue weighted by molar-refractivity contribution is 9.10. The van der Waals surface area contributed by atoms with Gasteiger partial charge in [0.15, 0.2) is 0 Å². The highest BCUT2D eigenvalue weighted by atomic mass is 79.9. The van der Waals surface area contributed by atoms with Gasteiger partial charge in [0, 0.05) is 10.2 Å². The fraction of sp³-hybridized carbons (Fsp3) is 0.333. The number of carbonyl (C=O) groups is 1. The van der Waals surface area contributed by atoms with Crippen LogP contribution in [0.3, 0.4) is 0 Å². The van der Waals surface area contributed by atoms with Crippen molar-refractivity contribution in [2.45, 2.75) is 19.8 Å². The molecule has 0 heterocycles. The predicted molar refractivity (Wildman–Crippen MR) is 83.0 cm³/mol. The van der Waals surface area contributed by atoms with Gasteiger partial charge in [-0.2, -0.15) is 0 Å². The molecular weight excluding hydrogens is 336 g/mol. The molecule has 3 N–H and O–H groups in total. The molecule has 3 nitrogen and oxygen atoms in total. The lowest BCUT2D eigenvalue weighted by Gasteiger charge is -2.14. The first-order chi connectivity index (χ1) is 8.45. The number of anilines is 1. The number of hydrogen-bond donors (Lipinski definition) is 2. The third-order valence-corrected chi connectivity index (χ3v) is 3.92. The Hall–Kier alpha value is -0.650. The minimum absolute atomic E-state index is 0.182. The van der Waals surface area contributed by atoms with E-state index in [1.54, 1.807) is 18.2 Å². The Labute approximate surface area is 125 Å². The second kappa shape index (κ2) is 7.07. The van der Waals surface area contributed by atoms with Crippen molar-refractivity contribution in [1.82, 2.24) is 0 Å². The molecule has 0 aromatic heterocycles. The first-order valence-electron chi connectivity index (χ1n) is 5.51. The molecule has 0 spiro atoms. The zero-order valence-corrected chi connectivity index (χ0v) is 13.0. The fourth-order valence-electron chi connectivity index (χ4n) is 1.49. The minimum Gasteiger partial charge on any atom is -0.393 e. The van der Waals surface area contributed by atoms with Gasteiger partial charge in [0.05, 0.1) is 15.9 Å². The molecule has 1 aromatic rings. The molecule has 98 valence electrons. The van der Waals surface area contributed by atoms with Crippen LogP contribution in [0, 0.1) is 5.92 Å². The Bertz CT molecular complexity index is 467. The SMILES string of the molecule is CCCC(C(=O)Nc1ccc(Cl)c(Br)c1)C(N)=S. The molecule has 0 aliphatic carbocycles. The Morgan fingerprint density at radius 3 is 2.78 bits per heavy atom. The van der Waals surface area contributed by atoms with Crippen molar-refractivity contribution >= 4 is 56.3 Å². The molecule has 0 saturated heterocycles. The molecule has 1 unspecified atom stereocenters. The van der Waals surface area contributed by atoms with Crippen molar-refractivity contribution in [3.05, 3.63) is 27.7 Å². The number of nitrogens with one attached hydrogen (secondary N) is 1. The van der Waals surface area contributed by atoms with E-state index in [9.17, 15) is 4.79 Å². The molecule has 1 aromatic carbocycles. The van der Waals surface area contributed by atoms with Crippen LogP contribution in [0.5, 0.6) is 0 Å². The number of amides is 1. The first kappa shape index (κ1) is 15.4. The van der Waals surface area contributed by atoms with E-state index in [0.717, 1.165) is 10.9 Å². The highest BCUT2D eigenvalue weighted by Gasteiger charge is 2.20. The van der Waals surface area contributed by atoms with E-state index in [2.05, 4.69) is 21.2 Å². The van der Waals surface area contributed by atoms with E-state index in [1.807, 2.05) is 6.92 Å². The maximum Gasteiger partial charge on any atom is 0.234 e. The van der Waals surface area contributed by atoms with Crippen molar-refractivity contribution in [2.75, 3.05) is 5.32 Å². The van der Waals surface area contributed by atoms with Crippen molar-refractivity contribution in [3.8, 4) is 0 Å². The number of nitrogens with two attached hydrogens (primary N) is 1. The van der Waals surface area contributed by atoms with E-state index >= 15 is 0 Å². The van der Waals surface area contributed by atoms with Gasteiger partial charge in [0.25, 0.3) is 0 Å². The summed E-state index contributed by atoms with van der Waals surface area (Å²) in [5.74, 6) is -0.613. The summed E-state index contributed by atoms with van der Waals surface area (Å²) in [6, 6.07) is 5.17. The van der Waals surface area contributed by atoms with Crippen molar-refractivity contribution in [2.24, 2.45) is 11.7 Å². The van der Waals surface area contributed by atoms with E-state index in [4.69, 9.17) is 29.6 Å². The monoisotopic (exact) mass is 348 g/mol. The molecule has 0 radical (unpaired) electrons. The summed E-state index contributed by atoms with van der Waals surface area (Å²) < 4.78 is 0.726. The van der Waals surface area contributed by atoms with Crippen LogP contribution in [-0.4, -0.2) is 10.9 Å². The van der Waals surface area contributed by atoms with Crippen LogP contribution in [0.1, 0.15) is 19.8 Å². The average molecular weight is 350 g/mol. The maximum atomic E-state index is 12.0. The van der Waals surface area contributed by atoms with Crippen molar-refractivity contribution in [3.63, 3.8) is 0 Å². The Morgan fingerprint density at radius 1 is 1.61 bits per heavy atom. The third kappa shape index (κ3) is 4.23. The predicted octanol–water partition coefficient (Wildman–Crippen LogP) is 3.74. The fourth-order valence-corrected chi connectivity index (χ4v) is 2.22. The zero-order valence-electron chi connectivity index (χ0n) is 9.87. The first-order valence-corrected chi connectivity index (χ1v) is 7.08. The van der Waals surface area contributed by atoms with E-state index < -0.39 is 5.92 Å². The standard InChI is InChI=1S/C12H14BrClN2OS/c1-2-3-8(11(15)18)12(17)16-7-4-5-10(14)9(13)6-7/h4-6,8H,2-3H2,1H3,(H2,15,18)(H,16,17). The van der Waals surface area contributed by atoms with Gasteiger partial charge in [-0.15, -0.1) is 0 Å². The van der Waals surface area contributed by atoms with Crippen LogP contribution in [0.25, 0.3) is 0 Å². The number of thiocarbonyl (C=S) groups is 1. The summed E-state index contributed by atoms with van der Waals surface area (Å²) in [5.41, 5.74) is 6.23. The smallest absolute Gasteiger partial charge is 0.234 e. The van der Waals surface area contributed by atoms with Gasteiger partial charge in [0.2, 0.25) is 5.91 Å².